The van der Waals surface area contributed by atoms with Crippen LogP contribution in [-0.4, -0.2) is 29.0 Å². The molecule has 1 saturated heterocycles. The molecule has 1 aromatic carbocycles. The van der Waals surface area contributed by atoms with E-state index in [1.54, 1.807) is 24.5 Å². The van der Waals surface area contributed by atoms with E-state index in [0.717, 1.165) is 24.3 Å². The number of carbonyl (C=O) groups excluding carboxylic acids is 1. The number of nitrogens with zero attached hydrogens (tertiary/aromatic N) is 3. The Balaban J connectivity index is 1.69. The summed E-state index contributed by atoms with van der Waals surface area (Å²) in [7, 11) is 0. The fraction of sp³-hybridized carbons (Fsp3) is 0.353. The molecule has 1 aliphatic rings. The summed E-state index contributed by atoms with van der Waals surface area (Å²) in [5.74, 6) is 0.476. The van der Waals surface area contributed by atoms with Crippen molar-refractivity contribution in [2.75, 3.05) is 23.3 Å². The summed E-state index contributed by atoms with van der Waals surface area (Å²) in [5.41, 5.74) is 2.09. The first-order valence-corrected chi connectivity index (χ1v) is 8.16. The molecule has 2 aromatic rings. The second-order valence-electron chi connectivity index (χ2n) is 5.73. The van der Waals surface area contributed by atoms with Gasteiger partial charge >= 0.3 is 0 Å². The molecule has 0 aliphatic carbocycles. The quantitative estimate of drug-likeness (QED) is 0.932. The fourth-order valence-corrected chi connectivity index (χ4v) is 2.88. The first-order valence-electron chi connectivity index (χ1n) is 7.78. The maximum atomic E-state index is 12.3. The van der Waals surface area contributed by atoms with E-state index in [-0.39, 0.29) is 5.91 Å². The number of benzene rings is 1. The van der Waals surface area contributed by atoms with Gasteiger partial charge in [-0.25, -0.2) is 9.97 Å². The second-order valence-corrected chi connectivity index (χ2v) is 6.17. The van der Waals surface area contributed by atoms with Gasteiger partial charge in [0.1, 0.15) is 0 Å². The van der Waals surface area contributed by atoms with Crippen molar-refractivity contribution in [3.8, 4) is 0 Å². The molecule has 1 aromatic heterocycles. The highest BCUT2D eigenvalue weighted by Gasteiger charge is 2.15. The molecule has 5 nitrogen and oxygen atoms in total. The van der Waals surface area contributed by atoms with Crippen LogP contribution in [0.5, 0.6) is 0 Å². The molecule has 3 rings (SSSR count). The van der Waals surface area contributed by atoms with Crippen LogP contribution in [0.4, 0.5) is 11.6 Å². The monoisotopic (exact) mass is 330 g/mol. The van der Waals surface area contributed by atoms with Crippen LogP contribution < -0.4 is 10.2 Å². The van der Waals surface area contributed by atoms with Crippen LogP contribution in [0.3, 0.4) is 0 Å². The number of nitrogens with one attached hydrogen (secondary N) is 1. The summed E-state index contributed by atoms with van der Waals surface area (Å²) in [4.78, 5) is 23.1. The molecule has 2 heterocycles. The number of aromatic nitrogens is 2. The van der Waals surface area contributed by atoms with Gasteiger partial charge in [-0.3, -0.25) is 4.79 Å². The summed E-state index contributed by atoms with van der Waals surface area (Å²) < 4.78 is 0. The number of carbonyl (C=O) groups is 1. The molecule has 0 saturated carbocycles. The summed E-state index contributed by atoms with van der Waals surface area (Å²) >= 11 is 5.92. The number of anilines is 2. The zero-order valence-electron chi connectivity index (χ0n) is 13.1. The number of hydrogen-bond donors (Lipinski definition) is 1. The summed E-state index contributed by atoms with van der Waals surface area (Å²) in [5, 5.41) is 3.51. The molecule has 1 amide bonds. The van der Waals surface area contributed by atoms with Gasteiger partial charge in [0, 0.05) is 36.2 Å². The molecule has 0 atom stereocenters. The largest absolute Gasteiger partial charge is 0.341 e. The van der Waals surface area contributed by atoms with Gasteiger partial charge in [-0.15, -0.1) is 0 Å². The van der Waals surface area contributed by atoms with Crippen molar-refractivity contribution in [3.63, 3.8) is 0 Å². The lowest BCUT2D eigenvalue weighted by atomic mass is 10.1. The van der Waals surface area contributed by atoms with Crippen LogP contribution in [0.1, 0.15) is 35.2 Å². The lowest BCUT2D eigenvalue weighted by molar-refractivity contribution is 0.102. The first-order chi connectivity index (χ1) is 11.1. The van der Waals surface area contributed by atoms with E-state index < -0.39 is 0 Å². The average Bonchev–Trinajstić information content (AvgIpc) is 2.58. The van der Waals surface area contributed by atoms with Gasteiger partial charge in [0.2, 0.25) is 5.95 Å². The normalized spacial score (nSPS) is 14.6. The van der Waals surface area contributed by atoms with E-state index >= 15 is 0 Å². The van der Waals surface area contributed by atoms with Crippen molar-refractivity contribution in [3.05, 3.63) is 46.7 Å². The van der Waals surface area contributed by atoms with Crippen molar-refractivity contribution < 1.29 is 4.79 Å². The topological polar surface area (TPSA) is 58.1 Å². The number of aryl methyl sites for hydroxylation is 1. The number of rotatable bonds is 3. The molecule has 6 heteroatoms. The van der Waals surface area contributed by atoms with Crippen LogP contribution in [0.2, 0.25) is 5.02 Å². The van der Waals surface area contributed by atoms with Gasteiger partial charge in [0.25, 0.3) is 5.91 Å². The van der Waals surface area contributed by atoms with E-state index in [1.807, 2.05) is 13.0 Å². The van der Waals surface area contributed by atoms with Crippen molar-refractivity contribution in [1.29, 1.82) is 0 Å². The van der Waals surface area contributed by atoms with E-state index in [9.17, 15) is 4.79 Å². The van der Waals surface area contributed by atoms with Crippen LogP contribution in [-0.2, 0) is 0 Å². The summed E-state index contributed by atoms with van der Waals surface area (Å²) in [6.45, 7) is 3.86. The Kier molecular flexibility index (Phi) is 4.76. The van der Waals surface area contributed by atoms with Crippen LogP contribution in [0.25, 0.3) is 0 Å². The molecule has 23 heavy (non-hydrogen) atoms. The predicted molar refractivity (Wildman–Crippen MR) is 92.2 cm³/mol. The van der Waals surface area contributed by atoms with Gasteiger partial charge in [-0.05, 0) is 49.9 Å². The SMILES string of the molecule is Cc1cc(Cl)ccc1NC(=O)c1cnc(N2CCCCC2)nc1. The third-order valence-electron chi connectivity index (χ3n) is 3.98. The lowest BCUT2D eigenvalue weighted by Crippen LogP contribution is -2.31. The highest BCUT2D eigenvalue weighted by molar-refractivity contribution is 6.30. The van der Waals surface area contributed by atoms with Gasteiger partial charge < -0.3 is 10.2 Å². The molecule has 1 N–H and O–H groups in total. The Labute approximate surface area is 140 Å². The van der Waals surface area contributed by atoms with Gasteiger partial charge in [0.15, 0.2) is 0 Å². The standard InChI is InChI=1S/C17H19ClN4O/c1-12-9-14(18)5-6-15(12)21-16(23)13-10-19-17(20-11-13)22-7-3-2-4-8-22/h5-6,9-11H,2-4,7-8H2,1H3,(H,21,23). The lowest BCUT2D eigenvalue weighted by Gasteiger charge is -2.26. The summed E-state index contributed by atoms with van der Waals surface area (Å²) in [6.07, 6.45) is 6.76. The third kappa shape index (κ3) is 3.79. The number of halogens is 1. The minimum atomic E-state index is -0.222. The fourth-order valence-electron chi connectivity index (χ4n) is 2.66. The zero-order valence-corrected chi connectivity index (χ0v) is 13.8. The van der Waals surface area contributed by atoms with Gasteiger partial charge in [-0.2, -0.15) is 0 Å². The Bertz CT molecular complexity index is 696. The van der Waals surface area contributed by atoms with E-state index in [4.69, 9.17) is 11.6 Å². The predicted octanol–water partition coefficient (Wildman–Crippen LogP) is 3.68. The Hall–Kier alpha value is -2.14. The molecule has 0 radical (unpaired) electrons. The maximum absolute atomic E-state index is 12.3. The van der Waals surface area contributed by atoms with E-state index in [2.05, 4.69) is 20.2 Å². The molecule has 0 unspecified atom stereocenters. The number of piperidine rings is 1. The van der Waals surface area contributed by atoms with Crippen molar-refractivity contribution >= 4 is 29.1 Å². The Morgan fingerprint density at radius 1 is 1.17 bits per heavy atom. The Morgan fingerprint density at radius 2 is 1.87 bits per heavy atom. The molecular weight excluding hydrogens is 312 g/mol. The van der Waals surface area contributed by atoms with Crippen molar-refractivity contribution in [1.82, 2.24) is 9.97 Å². The van der Waals surface area contributed by atoms with Crippen LogP contribution >= 0.6 is 11.6 Å². The van der Waals surface area contributed by atoms with Crippen molar-refractivity contribution in [2.24, 2.45) is 0 Å². The first kappa shape index (κ1) is 15.7. The Morgan fingerprint density at radius 3 is 2.52 bits per heavy atom. The molecule has 120 valence electrons. The molecule has 0 spiro atoms. The molecule has 1 fully saturated rings. The van der Waals surface area contributed by atoms with E-state index in [1.165, 1.54) is 19.3 Å². The molecular formula is C17H19ClN4O. The van der Waals surface area contributed by atoms with Gasteiger partial charge in [0.05, 0.1) is 5.56 Å². The summed E-state index contributed by atoms with van der Waals surface area (Å²) in [6, 6.07) is 5.35. The van der Waals surface area contributed by atoms with Crippen LogP contribution in [0, 0.1) is 6.92 Å². The molecule has 1 aliphatic heterocycles. The third-order valence-corrected chi connectivity index (χ3v) is 4.21. The molecule has 0 bridgehead atoms. The average molecular weight is 331 g/mol. The number of hydrogen-bond acceptors (Lipinski definition) is 4. The zero-order chi connectivity index (χ0) is 16.2. The van der Waals surface area contributed by atoms with E-state index in [0.29, 0.717) is 16.5 Å². The van der Waals surface area contributed by atoms with Crippen LogP contribution in [0.15, 0.2) is 30.6 Å². The number of amides is 1. The highest BCUT2D eigenvalue weighted by atomic mass is 35.5. The maximum Gasteiger partial charge on any atom is 0.258 e. The minimum absolute atomic E-state index is 0.222. The highest BCUT2D eigenvalue weighted by Crippen LogP contribution is 2.20. The smallest absolute Gasteiger partial charge is 0.258 e. The second kappa shape index (κ2) is 6.96. The van der Waals surface area contributed by atoms with Crippen molar-refractivity contribution in [2.45, 2.75) is 26.2 Å². The minimum Gasteiger partial charge on any atom is -0.341 e. The van der Waals surface area contributed by atoms with Gasteiger partial charge in [-0.1, -0.05) is 11.6 Å².